The van der Waals surface area contributed by atoms with Gasteiger partial charge in [-0.2, -0.15) is 0 Å². The molecule has 122 valence electrons. The Morgan fingerprint density at radius 2 is 1.96 bits per heavy atom. The van der Waals surface area contributed by atoms with Crippen LogP contribution < -0.4 is 0 Å². The molecular weight excluding hydrogens is 308 g/mol. The quantitative estimate of drug-likeness (QED) is 0.774. The van der Waals surface area contributed by atoms with Gasteiger partial charge in [0.05, 0.1) is 18.5 Å². The second-order valence-electron chi connectivity index (χ2n) is 7.17. The highest BCUT2D eigenvalue weighted by Crippen LogP contribution is 2.53. The van der Waals surface area contributed by atoms with E-state index in [9.17, 15) is 19.8 Å². The topological polar surface area (TPSA) is 87.7 Å². The molecule has 5 heteroatoms. The van der Waals surface area contributed by atoms with Crippen molar-refractivity contribution in [1.29, 1.82) is 0 Å². The van der Waals surface area contributed by atoms with Gasteiger partial charge in [0.15, 0.2) is 11.5 Å². The van der Waals surface area contributed by atoms with Crippen molar-refractivity contribution in [3.8, 4) is 0 Å². The third kappa shape index (κ3) is 1.43. The maximum atomic E-state index is 12.9. The van der Waals surface area contributed by atoms with Crippen molar-refractivity contribution in [2.75, 3.05) is 0 Å². The van der Waals surface area contributed by atoms with Gasteiger partial charge >= 0.3 is 0 Å². The Labute approximate surface area is 137 Å². The number of furan rings is 1. The number of hydrogen-bond donors (Lipinski definition) is 2. The number of ketones is 2. The van der Waals surface area contributed by atoms with Crippen LogP contribution in [0.25, 0.3) is 0 Å². The summed E-state index contributed by atoms with van der Waals surface area (Å²) in [5, 5.41) is 21.0. The van der Waals surface area contributed by atoms with Crippen molar-refractivity contribution in [3.05, 3.63) is 57.5 Å². The van der Waals surface area contributed by atoms with E-state index in [2.05, 4.69) is 0 Å². The van der Waals surface area contributed by atoms with Crippen LogP contribution >= 0.6 is 0 Å². The number of hydrogen-bond acceptors (Lipinski definition) is 5. The Morgan fingerprint density at radius 1 is 1.17 bits per heavy atom. The smallest absolute Gasteiger partial charge is 0.228 e. The van der Waals surface area contributed by atoms with E-state index in [1.54, 1.807) is 12.1 Å². The number of aliphatic hydroxyl groups is 2. The zero-order valence-corrected chi connectivity index (χ0v) is 13.1. The lowest BCUT2D eigenvalue weighted by molar-refractivity contribution is 0.0277. The molecule has 0 bridgehead atoms. The second-order valence-corrected chi connectivity index (χ2v) is 7.17. The molecule has 2 aromatic rings. The molecule has 0 spiro atoms. The summed E-state index contributed by atoms with van der Waals surface area (Å²) in [5.74, 6) is 0.0293. The first kappa shape index (κ1) is 14.1. The summed E-state index contributed by atoms with van der Waals surface area (Å²) in [5.41, 5.74) is 2.95. The molecule has 2 N–H and O–H groups in total. The third-order valence-corrected chi connectivity index (χ3v) is 5.99. The monoisotopic (exact) mass is 324 g/mol. The predicted octanol–water partition coefficient (Wildman–Crippen LogP) is 2.06. The van der Waals surface area contributed by atoms with Crippen molar-refractivity contribution in [2.45, 2.75) is 43.8 Å². The standard InChI is InChI=1S/C19H16O5/c1-19-12-5-9-8(2-3-13(9)20)4-10(12)17(23)18-16(19)11(7-24-18)14(21)6-15(19)22/h4-5,7,14-15,21-22H,2-3,6H2,1H3/t14-,15-,19-/m0/s1. The van der Waals surface area contributed by atoms with Crippen LogP contribution in [0.15, 0.2) is 22.8 Å². The Kier molecular flexibility index (Phi) is 2.49. The molecule has 0 saturated heterocycles. The van der Waals surface area contributed by atoms with Gasteiger partial charge in [0.1, 0.15) is 0 Å². The molecule has 0 amide bonds. The Morgan fingerprint density at radius 3 is 2.75 bits per heavy atom. The van der Waals surface area contributed by atoms with Gasteiger partial charge in [-0.15, -0.1) is 0 Å². The van der Waals surface area contributed by atoms with Gasteiger partial charge in [-0.25, -0.2) is 0 Å². The molecule has 0 aliphatic heterocycles. The minimum absolute atomic E-state index is 0.0763. The highest BCUT2D eigenvalue weighted by Gasteiger charge is 2.53. The average Bonchev–Trinajstić information content (AvgIpc) is 3.15. The summed E-state index contributed by atoms with van der Waals surface area (Å²) in [4.78, 5) is 25.0. The fourth-order valence-corrected chi connectivity index (χ4v) is 4.61. The van der Waals surface area contributed by atoms with Crippen LogP contribution in [0.4, 0.5) is 0 Å². The maximum absolute atomic E-state index is 12.9. The number of aryl methyl sites for hydroxylation is 1. The summed E-state index contributed by atoms with van der Waals surface area (Å²) in [6.07, 6.45) is 0.967. The fraction of sp³-hybridized carbons (Fsp3) is 0.368. The van der Waals surface area contributed by atoms with Crippen LogP contribution in [0.3, 0.4) is 0 Å². The van der Waals surface area contributed by atoms with Crippen LogP contribution in [0.5, 0.6) is 0 Å². The Bertz CT molecular complexity index is 937. The summed E-state index contributed by atoms with van der Waals surface area (Å²) in [6, 6.07) is 3.56. The number of aliphatic hydroxyl groups excluding tert-OH is 2. The molecule has 3 aliphatic carbocycles. The number of carbonyl (C=O) groups is 2. The van der Waals surface area contributed by atoms with Gasteiger partial charge in [0.2, 0.25) is 5.78 Å². The molecule has 5 rings (SSSR count). The highest BCUT2D eigenvalue weighted by molar-refractivity contribution is 6.13. The molecule has 24 heavy (non-hydrogen) atoms. The van der Waals surface area contributed by atoms with E-state index in [1.807, 2.05) is 6.92 Å². The molecule has 0 saturated carbocycles. The van der Waals surface area contributed by atoms with Gasteiger partial charge in [-0.3, -0.25) is 9.59 Å². The van der Waals surface area contributed by atoms with Crippen molar-refractivity contribution < 1.29 is 24.2 Å². The third-order valence-electron chi connectivity index (χ3n) is 5.99. The summed E-state index contributed by atoms with van der Waals surface area (Å²) < 4.78 is 5.49. The SMILES string of the molecule is C[C@@]12c3cc4c(cc3C(=O)c3occ(c31)[C@@H](O)C[C@@H]2O)CCC4=O. The molecule has 5 nitrogen and oxygen atoms in total. The molecule has 1 aromatic heterocycles. The normalized spacial score (nSPS) is 30.1. The first-order chi connectivity index (χ1) is 11.4. The minimum Gasteiger partial charge on any atom is -0.460 e. The van der Waals surface area contributed by atoms with Crippen molar-refractivity contribution in [2.24, 2.45) is 0 Å². The number of benzene rings is 1. The second kappa shape index (κ2) is 4.23. The molecule has 3 aliphatic rings. The van der Waals surface area contributed by atoms with E-state index in [-0.39, 0.29) is 23.7 Å². The highest BCUT2D eigenvalue weighted by atomic mass is 16.3. The van der Waals surface area contributed by atoms with Crippen LogP contribution in [-0.4, -0.2) is 27.9 Å². The van der Waals surface area contributed by atoms with Crippen LogP contribution in [0, 0.1) is 0 Å². The molecule has 0 unspecified atom stereocenters. The Balaban J connectivity index is 1.87. The van der Waals surface area contributed by atoms with Gasteiger partial charge in [0.25, 0.3) is 0 Å². The molecular formula is C19H16O5. The average molecular weight is 324 g/mol. The molecule has 0 radical (unpaired) electrons. The number of rotatable bonds is 0. The van der Waals surface area contributed by atoms with E-state index in [4.69, 9.17) is 4.42 Å². The fourth-order valence-electron chi connectivity index (χ4n) is 4.61. The van der Waals surface area contributed by atoms with Crippen LogP contribution in [-0.2, 0) is 11.8 Å². The lowest BCUT2D eigenvalue weighted by Gasteiger charge is -2.43. The molecule has 1 aromatic carbocycles. The van der Waals surface area contributed by atoms with Crippen LogP contribution in [0.2, 0.25) is 0 Å². The van der Waals surface area contributed by atoms with Gasteiger partial charge < -0.3 is 14.6 Å². The summed E-state index contributed by atoms with van der Waals surface area (Å²) in [7, 11) is 0. The van der Waals surface area contributed by atoms with Crippen molar-refractivity contribution in [1.82, 2.24) is 0 Å². The molecule has 0 fully saturated rings. The van der Waals surface area contributed by atoms with E-state index in [0.29, 0.717) is 40.7 Å². The Hall–Kier alpha value is -2.24. The number of fused-ring (bicyclic) bond motifs is 3. The number of Topliss-reactive ketones (excluding diaryl/α,β-unsaturated/α-hetero) is 1. The van der Waals surface area contributed by atoms with Gasteiger partial charge in [-0.05, 0) is 36.6 Å². The summed E-state index contributed by atoms with van der Waals surface area (Å²) in [6.45, 7) is 1.86. The van der Waals surface area contributed by atoms with E-state index in [1.165, 1.54) is 6.26 Å². The first-order valence-electron chi connectivity index (χ1n) is 8.16. The maximum Gasteiger partial charge on any atom is 0.228 e. The first-order valence-corrected chi connectivity index (χ1v) is 8.16. The zero-order valence-electron chi connectivity index (χ0n) is 13.1. The van der Waals surface area contributed by atoms with E-state index < -0.39 is 17.6 Å². The van der Waals surface area contributed by atoms with Crippen molar-refractivity contribution in [3.63, 3.8) is 0 Å². The molecule has 1 heterocycles. The zero-order chi connectivity index (χ0) is 16.8. The van der Waals surface area contributed by atoms with E-state index >= 15 is 0 Å². The molecule has 3 atom stereocenters. The predicted molar refractivity (Wildman–Crippen MR) is 83.3 cm³/mol. The van der Waals surface area contributed by atoms with Crippen molar-refractivity contribution >= 4 is 11.6 Å². The largest absolute Gasteiger partial charge is 0.460 e. The van der Waals surface area contributed by atoms with Crippen LogP contribution in [0.1, 0.15) is 74.6 Å². The van der Waals surface area contributed by atoms with E-state index in [0.717, 1.165) is 5.56 Å². The lowest BCUT2D eigenvalue weighted by atomic mass is 9.60. The lowest BCUT2D eigenvalue weighted by Crippen LogP contribution is -2.46. The number of carbonyl (C=O) groups excluding carboxylic acids is 2. The van der Waals surface area contributed by atoms with Gasteiger partial charge in [-0.1, -0.05) is 0 Å². The summed E-state index contributed by atoms with van der Waals surface area (Å²) >= 11 is 0. The van der Waals surface area contributed by atoms with Gasteiger partial charge in [0, 0.05) is 40.5 Å². The minimum atomic E-state index is -0.863.